The number of halogens is 1. The Kier molecular flexibility index (Phi) is 5.74. The molecule has 1 saturated heterocycles. The van der Waals surface area contributed by atoms with Gasteiger partial charge >= 0.3 is 0 Å². The van der Waals surface area contributed by atoms with E-state index in [9.17, 15) is 4.79 Å². The van der Waals surface area contributed by atoms with Gasteiger partial charge in [0.05, 0.1) is 0 Å². The maximum Gasteiger partial charge on any atom is 0.241 e. The molecular weight excluding hydrogens is 334 g/mol. The predicted octanol–water partition coefficient (Wildman–Crippen LogP) is 3.68. The average Bonchev–Trinajstić information content (AvgIpc) is 3.10. The number of hydrogen-bond donors (Lipinski definition) is 2. The molecular formula is C20H24ClN3O. The summed E-state index contributed by atoms with van der Waals surface area (Å²) >= 11 is 6.29. The smallest absolute Gasteiger partial charge is 0.241 e. The van der Waals surface area contributed by atoms with E-state index in [2.05, 4.69) is 36.8 Å². The summed E-state index contributed by atoms with van der Waals surface area (Å²) in [6.45, 7) is 4.72. The normalized spacial score (nSPS) is 20.0. The third kappa shape index (κ3) is 4.21. The van der Waals surface area contributed by atoms with E-state index in [4.69, 9.17) is 11.6 Å². The standard InChI is InChI=1S/C20H24ClN3O/c1-14(2)24(13-15-8-4-3-5-9-15)20(25)19-12-18(22-23-19)16-10-6-7-11-17(16)21/h3-11,14,18-19,22-23H,12-13H2,1-2H3. The summed E-state index contributed by atoms with van der Waals surface area (Å²) in [7, 11) is 0. The minimum absolute atomic E-state index is 0.0355. The summed E-state index contributed by atoms with van der Waals surface area (Å²) in [5.74, 6) is 0.112. The van der Waals surface area contributed by atoms with Gasteiger partial charge in [-0.05, 0) is 37.5 Å². The van der Waals surface area contributed by atoms with Crippen LogP contribution in [-0.4, -0.2) is 22.9 Å². The Hall–Kier alpha value is -1.88. The molecule has 1 aliphatic heterocycles. The lowest BCUT2D eigenvalue weighted by Crippen LogP contribution is -2.47. The highest BCUT2D eigenvalue weighted by molar-refractivity contribution is 6.31. The van der Waals surface area contributed by atoms with Crippen LogP contribution in [0.25, 0.3) is 0 Å². The second-order valence-electron chi connectivity index (χ2n) is 6.70. The molecule has 1 amide bonds. The molecule has 2 aromatic carbocycles. The first-order chi connectivity index (χ1) is 12.1. The summed E-state index contributed by atoms with van der Waals surface area (Å²) in [5.41, 5.74) is 8.53. The number of carbonyl (C=O) groups is 1. The van der Waals surface area contributed by atoms with E-state index in [-0.39, 0.29) is 24.0 Å². The van der Waals surface area contributed by atoms with Gasteiger partial charge < -0.3 is 4.90 Å². The van der Waals surface area contributed by atoms with Crippen LogP contribution < -0.4 is 10.9 Å². The van der Waals surface area contributed by atoms with Gasteiger partial charge in [-0.25, -0.2) is 10.9 Å². The molecule has 1 fully saturated rings. The molecule has 4 nitrogen and oxygen atoms in total. The van der Waals surface area contributed by atoms with Gasteiger partial charge in [-0.3, -0.25) is 4.79 Å². The Morgan fingerprint density at radius 1 is 1.12 bits per heavy atom. The van der Waals surface area contributed by atoms with E-state index in [1.165, 1.54) is 0 Å². The van der Waals surface area contributed by atoms with Gasteiger partial charge in [0.25, 0.3) is 0 Å². The highest BCUT2D eigenvalue weighted by Gasteiger charge is 2.34. The van der Waals surface area contributed by atoms with Gasteiger partial charge in [-0.15, -0.1) is 0 Å². The lowest BCUT2D eigenvalue weighted by Gasteiger charge is -2.29. The molecule has 2 aromatic rings. The third-order valence-corrected chi connectivity index (χ3v) is 4.93. The number of hydrogen-bond acceptors (Lipinski definition) is 3. The SMILES string of the molecule is CC(C)N(Cc1ccccc1)C(=O)C1CC(c2ccccc2Cl)NN1. The molecule has 0 aromatic heterocycles. The molecule has 2 atom stereocenters. The number of hydrazine groups is 1. The molecule has 0 bridgehead atoms. The number of rotatable bonds is 5. The monoisotopic (exact) mass is 357 g/mol. The zero-order valence-electron chi connectivity index (χ0n) is 14.6. The number of benzene rings is 2. The minimum Gasteiger partial charge on any atom is -0.335 e. The summed E-state index contributed by atoms with van der Waals surface area (Å²) in [5, 5.41) is 0.722. The van der Waals surface area contributed by atoms with Crippen molar-refractivity contribution >= 4 is 17.5 Å². The topological polar surface area (TPSA) is 44.4 Å². The van der Waals surface area contributed by atoms with Gasteiger partial charge in [0.2, 0.25) is 5.91 Å². The van der Waals surface area contributed by atoms with Gasteiger partial charge in [-0.1, -0.05) is 60.1 Å². The molecule has 1 aliphatic rings. The van der Waals surface area contributed by atoms with Crippen LogP contribution >= 0.6 is 11.6 Å². The molecule has 132 valence electrons. The lowest BCUT2D eigenvalue weighted by molar-refractivity contribution is -0.135. The van der Waals surface area contributed by atoms with Crippen LogP contribution in [0.3, 0.4) is 0 Å². The van der Waals surface area contributed by atoms with Crippen molar-refractivity contribution in [2.75, 3.05) is 0 Å². The Morgan fingerprint density at radius 3 is 2.48 bits per heavy atom. The van der Waals surface area contributed by atoms with Crippen LogP contribution in [0.15, 0.2) is 54.6 Å². The van der Waals surface area contributed by atoms with Crippen LogP contribution in [0, 0.1) is 0 Å². The molecule has 0 aliphatic carbocycles. The minimum atomic E-state index is -0.257. The van der Waals surface area contributed by atoms with E-state index in [0.717, 1.165) is 16.1 Å². The van der Waals surface area contributed by atoms with Crippen LogP contribution in [0.4, 0.5) is 0 Å². The molecule has 0 radical (unpaired) electrons. The lowest BCUT2D eigenvalue weighted by atomic mass is 10.0. The Bertz CT molecular complexity index is 720. The highest BCUT2D eigenvalue weighted by Crippen LogP contribution is 2.29. The van der Waals surface area contributed by atoms with E-state index < -0.39 is 0 Å². The van der Waals surface area contributed by atoms with E-state index >= 15 is 0 Å². The van der Waals surface area contributed by atoms with E-state index in [1.54, 1.807) is 0 Å². The Morgan fingerprint density at radius 2 is 1.80 bits per heavy atom. The molecule has 0 spiro atoms. The van der Waals surface area contributed by atoms with Crippen LogP contribution in [0.2, 0.25) is 5.02 Å². The van der Waals surface area contributed by atoms with E-state index in [1.807, 2.05) is 47.4 Å². The molecule has 1 heterocycles. The molecule has 3 rings (SSSR count). The zero-order chi connectivity index (χ0) is 17.8. The Balaban J connectivity index is 1.70. The highest BCUT2D eigenvalue weighted by atomic mass is 35.5. The predicted molar refractivity (Wildman–Crippen MR) is 101 cm³/mol. The molecule has 0 saturated carbocycles. The average molecular weight is 358 g/mol. The Labute approximate surface area is 154 Å². The number of nitrogens with one attached hydrogen (secondary N) is 2. The van der Waals surface area contributed by atoms with Crippen molar-refractivity contribution in [3.8, 4) is 0 Å². The van der Waals surface area contributed by atoms with Crippen molar-refractivity contribution in [3.63, 3.8) is 0 Å². The quantitative estimate of drug-likeness (QED) is 0.857. The first-order valence-corrected chi connectivity index (χ1v) is 9.04. The van der Waals surface area contributed by atoms with Crippen LogP contribution in [0.1, 0.15) is 37.4 Å². The molecule has 2 unspecified atom stereocenters. The van der Waals surface area contributed by atoms with Gasteiger partial charge in [0, 0.05) is 23.7 Å². The first kappa shape index (κ1) is 17.9. The summed E-state index contributed by atoms with van der Waals surface area (Å²) < 4.78 is 0. The van der Waals surface area contributed by atoms with Crippen LogP contribution in [0.5, 0.6) is 0 Å². The summed E-state index contributed by atoms with van der Waals surface area (Å²) in [6.07, 6.45) is 0.681. The first-order valence-electron chi connectivity index (χ1n) is 8.66. The van der Waals surface area contributed by atoms with Crippen LogP contribution in [-0.2, 0) is 11.3 Å². The fraction of sp³-hybridized carbons (Fsp3) is 0.350. The molecule has 5 heteroatoms. The second kappa shape index (κ2) is 8.00. The molecule has 2 N–H and O–H groups in total. The summed E-state index contributed by atoms with van der Waals surface area (Å²) in [6, 6.07) is 17.8. The fourth-order valence-electron chi connectivity index (χ4n) is 3.17. The zero-order valence-corrected chi connectivity index (χ0v) is 15.3. The molecule has 25 heavy (non-hydrogen) atoms. The van der Waals surface area contributed by atoms with Crippen molar-refractivity contribution in [1.29, 1.82) is 0 Å². The maximum atomic E-state index is 13.0. The van der Waals surface area contributed by atoms with Gasteiger partial charge in [0.1, 0.15) is 6.04 Å². The third-order valence-electron chi connectivity index (χ3n) is 4.58. The van der Waals surface area contributed by atoms with E-state index in [0.29, 0.717) is 13.0 Å². The fourth-order valence-corrected chi connectivity index (χ4v) is 3.44. The largest absolute Gasteiger partial charge is 0.335 e. The maximum absolute atomic E-state index is 13.0. The number of nitrogens with zero attached hydrogens (tertiary/aromatic N) is 1. The van der Waals surface area contributed by atoms with Gasteiger partial charge in [0.15, 0.2) is 0 Å². The van der Waals surface area contributed by atoms with Crippen molar-refractivity contribution in [1.82, 2.24) is 15.8 Å². The number of carbonyl (C=O) groups excluding carboxylic acids is 1. The summed E-state index contributed by atoms with van der Waals surface area (Å²) in [4.78, 5) is 15.0. The van der Waals surface area contributed by atoms with Crippen molar-refractivity contribution in [3.05, 3.63) is 70.7 Å². The number of amides is 1. The van der Waals surface area contributed by atoms with Gasteiger partial charge in [-0.2, -0.15) is 0 Å². The second-order valence-corrected chi connectivity index (χ2v) is 7.10. The van der Waals surface area contributed by atoms with Crippen molar-refractivity contribution < 1.29 is 4.79 Å². The van der Waals surface area contributed by atoms with Crippen molar-refractivity contribution in [2.24, 2.45) is 0 Å². The van der Waals surface area contributed by atoms with Crippen molar-refractivity contribution in [2.45, 2.75) is 44.9 Å².